The highest BCUT2D eigenvalue weighted by atomic mass is 35.5. The molecule has 1 aromatic rings. The fraction of sp³-hybridized carbons (Fsp3) is 0.600. The molecule has 1 atom stereocenters. The molecule has 0 radical (unpaired) electrons. The largest absolute Gasteiger partial charge is 0.329 e. The summed E-state index contributed by atoms with van der Waals surface area (Å²) in [4.78, 5) is 4.87. The second-order valence-electron chi connectivity index (χ2n) is 5.34. The number of likely N-dealkylation sites (N-methyl/N-ethyl adjacent to an activating group) is 1. The van der Waals surface area contributed by atoms with Crippen LogP contribution in [0.5, 0.6) is 0 Å². The van der Waals surface area contributed by atoms with Gasteiger partial charge in [0.1, 0.15) is 0 Å². The lowest BCUT2D eigenvalue weighted by molar-refractivity contribution is 0.209. The fourth-order valence-electron chi connectivity index (χ4n) is 2.75. The van der Waals surface area contributed by atoms with Crippen LogP contribution in [0.2, 0.25) is 5.02 Å². The average molecular weight is 282 g/mol. The van der Waals surface area contributed by atoms with Crippen LogP contribution in [-0.4, -0.2) is 49.6 Å². The minimum Gasteiger partial charge on any atom is -0.329 e. The van der Waals surface area contributed by atoms with Gasteiger partial charge in [-0.15, -0.1) is 0 Å². The zero-order valence-electron chi connectivity index (χ0n) is 11.7. The van der Waals surface area contributed by atoms with Crippen LogP contribution in [0.3, 0.4) is 0 Å². The van der Waals surface area contributed by atoms with Crippen LogP contribution in [-0.2, 0) is 0 Å². The van der Waals surface area contributed by atoms with Gasteiger partial charge in [0.2, 0.25) is 0 Å². The van der Waals surface area contributed by atoms with Gasteiger partial charge < -0.3 is 10.6 Å². The number of benzene rings is 1. The maximum Gasteiger partial charge on any atom is 0.0468 e. The van der Waals surface area contributed by atoms with Crippen molar-refractivity contribution in [2.75, 3.05) is 39.8 Å². The van der Waals surface area contributed by atoms with Crippen molar-refractivity contribution in [3.63, 3.8) is 0 Å². The molecule has 1 heterocycles. The average Bonchev–Trinajstić information content (AvgIpc) is 2.90. The van der Waals surface area contributed by atoms with E-state index >= 15 is 0 Å². The number of hydrogen-bond acceptors (Lipinski definition) is 3. The monoisotopic (exact) mass is 281 g/mol. The van der Waals surface area contributed by atoms with Crippen molar-refractivity contribution in [1.82, 2.24) is 9.80 Å². The Kier molecular flexibility index (Phi) is 5.64. The molecule has 0 aliphatic carbocycles. The van der Waals surface area contributed by atoms with Gasteiger partial charge in [-0.05, 0) is 50.7 Å². The molecule has 0 bridgehead atoms. The summed E-state index contributed by atoms with van der Waals surface area (Å²) >= 11 is 6.06. The Morgan fingerprint density at radius 1 is 1.37 bits per heavy atom. The molecule has 0 saturated carbocycles. The fourth-order valence-corrected chi connectivity index (χ4v) is 2.94. The third-order valence-corrected chi connectivity index (χ3v) is 4.19. The van der Waals surface area contributed by atoms with Crippen molar-refractivity contribution in [1.29, 1.82) is 0 Å². The molecule has 1 aromatic carbocycles. The van der Waals surface area contributed by atoms with E-state index in [2.05, 4.69) is 22.9 Å². The molecular weight excluding hydrogens is 258 g/mol. The van der Waals surface area contributed by atoms with Gasteiger partial charge in [0.25, 0.3) is 0 Å². The Hall–Kier alpha value is -0.610. The molecule has 106 valence electrons. The van der Waals surface area contributed by atoms with Crippen LogP contribution in [0.15, 0.2) is 24.3 Å². The van der Waals surface area contributed by atoms with Gasteiger partial charge >= 0.3 is 0 Å². The minimum absolute atomic E-state index is 0.251. The third-order valence-electron chi connectivity index (χ3n) is 3.96. The second kappa shape index (κ2) is 7.25. The number of nitrogens with zero attached hydrogens (tertiary/aromatic N) is 2. The first-order valence-corrected chi connectivity index (χ1v) is 7.46. The summed E-state index contributed by atoms with van der Waals surface area (Å²) in [5, 5.41) is 0.781. The molecule has 1 aliphatic heterocycles. The van der Waals surface area contributed by atoms with E-state index < -0.39 is 0 Å². The van der Waals surface area contributed by atoms with Gasteiger partial charge in [0.15, 0.2) is 0 Å². The predicted molar refractivity (Wildman–Crippen MR) is 81.6 cm³/mol. The van der Waals surface area contributed by atoms with E-state index in [4.69, 9.17) is 17.3 Å². The Morgan fingerprint density at radius 2 is 2.11 bits per heavy atom. The first-order chi connectivity index (χ1) is 9.20. The molecular formula is C15H24ClN3. The lowest BCUT2D eigenvalue weighted by Crippen LogP contribution is -2.36. The molecule has 0 aromatic heterocycles. The highest BCUT2D eigenvalue weighted by molar-refractivity contribution is 6.30. The first-order valence-electron chi connectivity index (χ1n) is 7.09. The van der Waals surface area contributed by atoms with Crippen molar-refractivity contribution >= 4 is 11.6 Å². The smallest absolute Gasteiger partial charge is 0.0468 e. The molecule has 3 nitrogen and oxygen atoms in total. The first kappa shape index (κ1) is 14.8. The molecule has 2 rings (SSSR count). The second-order valence-corrected chi connectivity index (χ2v) is 5.77. The number of likely N-dealkylation sites (tertiary alicyclic amines) is 1. The zero-order chi connectivity index (χ0) is 13.7. The highest BCUT2D eigenvalue weighted by Gasteiger charge is 2.17. The normalized spacial score (nSPS) is 18.1. The van der Waals surface area contributed by atoms with Gasteiger partial charge in [0, 0.05) is 30.7 Å². The molecule has 1 saturated heterocycles. The van der Waals surface area contributed by atoms with Gasteiger partial charge in [-0.2, -0.15) is 0 Å². The van der Waals surface area contributed by atoms with Crippen molar-refractivity contribution in [3.05, 3.63) is 34.9 Å². The molecule has 4 heteroatoms. The van der Waals surface area contributed by atoms with Crippen molar-refractivity contribution in [2.45, 2.75) is 18.9 Å². The van der Waals surface area contributed by atoms with Crippen molar-refractivity contribution in [2.24, 2.45) is 5.73 Å². The molecule has 19 heavy (non-hydrogen) atoms. The van der Waals surface area contributed by atoms with Gasteiger partial charge in [-0.25, -0.2) is 0 Å². The molecule has 2 N–H and O–H groups in total. The maximum absolute atomic E-state index is 6.06. The van der Waals surface area contributed by atoms with E-state index in [0.29, 0.717) is 6.54 Å². The molecule has 0 amide bonds. The summed E-state index contributed by atoms with van der Waals surface area (Å²) in [6.07, 6.45) is 2.69. The van der Waals surface area contributed by atoms with Crippen LogP contribution >= 0.6 is 11.6 Å². The van der Waals surface area contributed by atoms with E-state index in [1.165, 1.54) is 31.5 Å². The summed E-state index contributed by atoms with van der Waals surface area (Å²) < 4.78 is 0. The van der Waals surface area contributed by atoms with E-state index in [9.17, 15) is 0 Å². The zero-order valence-corrected chi connectivity index (χ0v) is 12.4. The molecule has 1 fully saturated rings. The lowest BCUT2D eigenvalue weighted by Gasteiger charge is -2.29. The molecule has 1 aliphatic rings. The summed E-state index contributed by atoms with van der Waals surface area (Å²) in [6, 6.07) is 8.28. The van der Waals surface area contributed by atoms with Crippen LogP contribution in [0.4, 0.5) is 0 Å². The molecule has 1 unspecified atom stereocenters. The van der Waals surface area contributed by atoms with Gasteiger partial charge in [-0.1, -0.05) is 23.7 Å². The summed E-state index contributed by atoms with van der Waals surface area (Å²) in [6.45, 7) is 5.30. The van der Waals surface area contributed by atoms with Crippen LogP contribution in [0, 0.1) is 0 Å². The SMILES string of the molecule is CN(CCN1CCCC1)C(CN)c1cccc(Cl)c1. The lowest BCUT2D eigenvalue weighted by atomic mass is 10.1. The topological polar surface area (TPSA) is 32.5 Å². The summed E-state index contributed by atoms with van der Waals surface area (Å²) in [5.74, 6) is 0. The Morgan fingerprint density at radius 3 is 2.74 bits per heavy atom. The van der Waals surface area contributed by atoms with E-state index in [-0.39, 0.29) is 6.04 Å². The van der Waals surface area contributed by atoms with Crippen molar-refractivity contribution < 1.29 is 0 Å². The van der Waals surface area contributed by atoms with E-state index in [1.54, 1.807) is 0 Å². The quantitative estimate of drug-likeness (QED) is 0.869. The summed E-state index contributed by atoms with van der Waals surface area (Å²) in [5.41, 5.74) is 7.15. The van der Waals surface area contributed by atoms with Gasteiger partial charge in [0.05, 0.1) is 0 Å². The maximum atomic E-state index is 6.06. The predicted octanol–water partition coefficient (Wildman–Crippen LogP) is 2.37. The number of rotatable bonds is 6. The van der Waals surface area contributed by atoms with Crippen molar-refractivity contribution in [3.8, 4) is 0 Å². The molecule has 0 spiro atoms. The Bertz CT molecular complexity index is 391. The van der Waals surface area contributed by atoms with Crippen LogP contribution in [0.25, 0.3) is 0 Å². The standard InChI is InChI=1S/C15H24ClN3/c1-18(9-10-19-7-2-3-8-19)15(12-17)13-5-4-6-14(16)11-13/h4-6,11,15H,2-3,7-10,12,17H2,1H3. The number of nitrogens with two attached hydrogens (primary N) is 1. The Balaban J connectivity index is 1.92. The number of halogens is 1. The highest BCUT2D eigenvalue weighted by Crippen LogP contribution is 2.21. The van der Waals surface area contributed by atoms with Crippen LogP contribution in [0.1, 0.15) is 24.4 Å². The Labute approximate surface area is 121 Å². The summed E-state index contributed by atoms with van der Waals surface area (Å²) in [7, 11) is 2.15. The van der Waals surface area contributed by atoms with Gasteiger partial charge in [-0.3, -0.25) is 4.90 Å². The third kappa shape index (κ3) is 4.18. The van der Waals surface area contributed by atoms with Crippen LogP contribution < -0.4 is 5.73 Å². The number of hydrogen-bond donors (Lipinski definition) is 1. The van der Waals surface area contributed by atoms with E-state index in [0.717, 1.165) is 18.1 Å². The van der Waals surface area contributed by atoms with E-state index in [1.807, 2.05) is 18.2 Å². The minimum atomic E-state index is 0.251.